The number of nitrogens with one attached hydrogen (secondary N) is 1. The van der Waals surface area contributed by atoms with Crippen LogP contribution in [-0.2, 0) is 4.79 Å². The van der Waals surface area contributed by atoms with Gasteiger partial charge in [0.2, 0.25) is 5.91 Å². The average Bonchev–Trinajstić information content (AvgIpc) is 2.29. The average molecular weight is 256 g/mol. The van der Waals surface area contributed by atoms with Gasteiger partial charge in [-0.15, -0.1) is 0 Å². The monoisotopic (exact) mass is 256 g/mol. The molecule has 0 spiro atoms. The van der Waals surface area contributed by atoms with Crippen molar-refractivity contribution in [2.24, 2.45) is 23.5 Å². The molecule has 0 saturated heterocycles. The van der Waals surface area contributed by atoms with Crippen molar-refractivity contribution in [1.29, 1.82) is 0 Å². The molecule has 0 fully saturated rings. The summed E-state index contributed by atoms with van der Waals surface area (Å²) in [5.74, 6) is 2.11. The number of nitrogens with two attached hydrogens (primary N) is 1. The van der Waals surface area contributed by atoms with Gasteiger partial charge in [-0.3, -0.25) is 4.79 Å². The number of rotatable bonds is 10. The molecule has 0 heterocycles. The van der Waals surface area contributed by atoms with Gasteiger partial charge in [0, 0.05) is 13.0 Å². The van der Waals surface area contributed by atoms with E-state index in [-0.39, 0.29) is 5.91 Å². The van der Waals surface area contributed by atoms with Crippen molar-refractivity contribution >= 4 is 5.91 Å². The Morgan fingerprint density at radius 2 is 1.78 bits per heavy atom. The van der Waals surface area contributed by atoms with Crippen LogP contribution in [0.4, 0.5) is 0 Å². The molecule has 0 aromatic rings. The first-order chi connectivity index (χ1) is 8.47. The topological polar surface area (TPSA) is 55.1 Å². The van der Waals surface area contributed by atoms with Crippen molar-refractivity contribution in [3.8, 4) is 0 Å². The second-order valence-corrected chi connectivity index (χ2v) is 6.01. The van der Waals surface area contributed by atoms with Crippen molar-refractivity contribution in [1.82, 2.24) is 5.32 Å². The van der Waals surface area contributed by atoms with Crippen LogP contribution in [0.1, 0.15) is 59.8 Å². The summed E-state index contributed by atoms with van der Waals surface area (Å²) < 4.78 is 0. The first kappa shape index (κ1) is 17.4. The van der Waals surface area contributed by atoms with Crippen LogP contribution < -0.4 is 11.1 Å². The molecule has 0 aliphatic carbocycles. The SMILES string of the molecule is CC(C)CCCNC(=O)CCC(CCN)C(C)C. The Labute approximate surface area is 113 Å². The van der Waals surface area contributed by atoms with Gasteiger partial charge in [0.25, 0.3) is 0 Å². The maximum Gasteiger partial charge on any atom is 0.220 e. The zero-order valence-corrected chi connectivity index (χ0v) is 12.7. The van der Waals surface area contributed by atoms with E-state index in [2.05, 4.69) is 33.0 Å². The summed E-state index contributed by atoms with van der Waals surface area (Å²) in [5.41, 5.74) is 5.60. The van der Waals surface area contributed by atoms with Crippen LogP contribution in [0.25, 0.3) is 0 Å². The van der Waals surface area contributed by atoms with Crippen LogP contribution in [-0.4, -0.2) is 19.0 Å². The van der Waals surface area contributed by atoms with Crippen molar-refractivity contribution in [3.05, 3.63) is 0 Å². The van der Waals surface area contributed by atoms with Crippen LogP contribution in [0, 0.1) is 17.8 Å². The standard InChI is InChI=1S/C15H32N2O/c1-12(2)6-5-11-17-15(18)8-7-14(9-10-16)13(3)4/h12-14H,5-11,16H2,1-4H3,(H,17,18). The van der Waals surface area contributed by atoms with Gasteiger partial charge in [-0.05, 0) is 50.0 Å². The number of hydrogen-bond donors (Lipinski definition) is 2. The van der Waals surface area contributed by atoms with E-state index in [1.54, 1.807) is 0 Å². The minimum atomic E-state index is 0.196. The van der Waals surface area contributed by atoms with Crippen LogP contribution in [0.5, 0.6) is 0 Å². The van der Waals surface area contributed by atoms with Crippen molar-refractivity contribution in [3.63, 3.8) is 0 Å². The normalized spacial score (nSPS) is 13.1. The fourth-order valence-corrected chi connectivity index (χ4v) is 2.17. The molecule has 18 heavy (non-hydrogen) atoms. The third kappa shape index (κ3) is 9.46. The highest BCUT2D eigenvalue weighted by atomic mass is 16.1. The van der Waals surface area contributed by atoms with Gasteiger partial charge in [-0.2, -0.15) is 0 Å². The lowest BCUT2D eigenvalue weighted by Gasteiger charge is -2.19. The Balaban J connectivity index is 3.67. The number of amides is 1. The first-order valence-electron chi connectivity index (χ1n) is 7.44. The summed E-state index contributed by atoms with van der Waals surface area (Å²) in [5, 5.41) is 3.00. The largest absolute Gasteiger partial charge is 0.356 e. The zero-order chi connectivity index (χ0) is 14.0. The summed E-state index contributed by atoms with van der Waals surface area (Å²) in [7, 11) is 0. The van der Waals surface area contributed by atoms with Gasteiger partial charge in [0.05, 0.1) is 0 Å². The molecular weight excluding hydrogens is 224 g/mol. The molecule has 0 aliphatic rings. The summed E-state index contributed by atoms with van der Waals surface area (Å²) in [6.45, 7) is 10.4. The lowest BCUT2D eigenvalue weighted by molar-refractivity contribution is -0.121. The van der Waals surface area contributed by atoms with Crippen molar-refractivity contribution in [2.45, 2.75) is 59.8 Å². The molecule has 0 aromatic heterocycles. The quantitative estimate of drug-likeness (QED) is 0.590. The number of hydrogen-bond acceptors (Lipinski definition) is 2. The maximum atomic E-state index is 11.7. The van der Waals surface area contributed by atoms with Gasteiger partial charge in [-0.25, -0.2) is 0 Å². The Morgan fingerprint density at radius 1 is 1.11 bits per heavy atom. The van der Waals surface area contributed by atoms with Crippen molar-refractivity contribution < 1.29 is 4.79 Å². The fourth-order valence-electron chi connectivity index (χ4n) is 2.17. The molecule has 3 nitrogen and oxygen atoms in total. The molecule has 3 heteroatoms. The Bertz CT molecular complexity index is 215. The van der Waals surface area contributed by atoms with E-state index in [1.807, 2.05) is 0 Å². The van der Waals surface area contributed by atoms with E-state index < -0.39 is 0 Å². The summed E-state index contributed by atoms with van der Waals surface area (Å²) >= 11 is 0. The van der Waals surface area contributed by atoms with E-state index in [9.17, 15) is 4.79 Å². The summed E-state index contributed by atoms with van der Waals surface area (Å²) in [6.07, 6.45) is 4.90. The molecule has 0 bridgehead atoms. The molecule has 0 saturated carbocycles. The van der Waals surface area contributed by atoms with Crippen LogP contribution >= 0.6 is 0 Å². The van der Waals surface area contributed by atoms with E-state index >= 15 is 0 Å². The minimum absolute atomic E-state index is 0.196. The highest BCUT2D eigenvalue weighted by Crippen LogP contribution is 2.20. The van der Waals surface area contributed by atoms with Crippen LogP contribution in [0.2, 0.25) is 0 Å². The summed E-state index contributed by atoms with van der Waals surface area (Å²) in [4.78, 5) is 11.7. The third-order valence-electron chi connectivity index (χ3n) is 3.50. The molecule has 1 unspecified atom stereocenters. The van der Waals surface area contributed by atoms with Crippen LogP contribution in [0.15, 0.2) is 0 Å². The second kappa shape index (κ2) is 10.4. The fraction of sp³-hybridized carbons (Fsp3) is 0.933. The van der Waals surface area contributed by atoms with Gasteiger partial charge < -0.3 is 11.1 Å². The molecule has 3 N–H and O–H groups in total. The van der Waals surface area contributed by atoms with E-state index in [4.69, 9.17) is 5.73 Å². The molecule has 0 rings (SSSR count). The van der Waals surface area contributed by atoms with Gasteiger partial charge in [-0.1, -0.05) is 27.7 Å². The van der Waals surface area contributed by atoms with Gasteiger partial charge in [0.15, 0.2) is 0 Å². The molecular formula is C15H32N2O. The highest BCUT2D eigenvalue weighted by molar-refractivity contribution is 5.75. The highest BCUT2D eigenvalue weighted by Gasteiger charge is 2.14. The molecule has 0 aliphatic heterocycles. The Kier molecular flexibility index (Phi) is 10.0. The number of carbonyl (C=O) groups is 1. The Hall–Kier alpha value is -0.570. The van der Waals surface area contributed by atoms with Gasteiger partial charge >= 0.3 is 0 Å². The zero-order valence-electron chi connectivity index (χ0n) is 12.7. The predicted molar refractivity (Wildman–Crippen MR) is 78.3 cm³/mol. The lowest BCUT2D eigenvalue weighted by atomic mass is 9.88. The van der Waals surface area contributed by atoms with E-state index in [0.717, 1.165) is 38.3 Å². The molecule has 108 valence electrons. The van der Waals surface area contributed by atoms with E-state index in [1.165, 1.54) is 6.42 Å². The summed E-state index contributed by atoms with van der Waals surface area (Å²) in [6, 6.07) is 0. The smallest absolute Gasteiger partial charge is 0.220 e. The predicted octanol–water partition coefficient (Wildman–Crippen LogP) is 2.94. The molecule has 1 amide bonds. The van der Waals surface area contributed by atoms with Crippen LogP contribution in [0.3, 0.4) is 0 Å². The number of carbonyl (C=O) groups excluding carboxylic acids is 1. The van der Waals surface area contributed by atoms with Gasteiger partial charge in [0.1, 0.15) is 0 Å². The second-order valence-electron chi connectivity index (χ2n) is 6.01. The molecule has 1 atom stereocenters. The maximum absolute atomic E-state index is 11.7. The van der Waals surface area contributed by atoms with E-state index in [0.29, 0.717) is 18.3 Å². The molecule has 0 radical (unpaired) electrons. The lowest BCUT2D eigenvalue weighted by Crippen LogP contribution is -2.26. The first-order valence-corrected chi connectivity index (χ1v) is 7.44. The Morgan fingerprint density at radius 3 is 2.28 bits per heavy atom. The van der Waals surface area contributed by atoms with Crippen molar-refractivity contribution in [2.75, 3.05) is 13.1 Å². The molecule has 0 aromatic carbocycles. The minimum Gasteiger partial charge on any atom is -0.356 e. The third-order valence-corrected chi connectivity index (χ3v) is 3.50.